The number of carbonyl (C=O) groups excluding carboxylic acids is 2. The van der Waals surface area contributed by atoms with Crippen molar-refractivity contribution in [2.45, 2.75) is 6.54 Å². The smallest absolute Gasteiger partial charge is 0.251 e. The summed E-state index contributed by atoms with van der Waals surface area (Å²) in [5.41, 5.74) is 1.76. The number of amides is 2. The predicted molar refractivity (Wildman–Crippen MR) is 129 cm³/mol. The molecule has 0 atom stereocenters. The molecule has 1 heterocycles. The fourth-order valence-corrected chi connectivity index (χ4v) is 3.08. The van der Waals surface area contributed by atoms with Gasteiger partial charge in [0.15, 0.2) is 16.6 Å². The van der Waals surface area contributed by atoms with Crippen LogP contribution in [0.4, 0.5) is 5.69 Å². The second-order valence-electron chi connectivity index (χ2n) is 6.73. The van der Waals surface area contributed by atoms with Crippen LogP contribution >= 0.6 is 12.2 Å². The number of ether oxygens (including phenoxy) is 2. The first-order valence-corrected chi connectivity index (χ1v) is 10.3. The van der Waals surface area contributed by atoms with E-state index in [4.69, 9.17) is 26.1 Å². The molecule has 2 amide bonds. The summed E-state index contributed by atoms with van der Waals surface area (Å²) in [6, 6.07) is 15.6. The Bertz CT molecular complexity index is 1160. The van der Waals surface area contributed by atoms with Gasteiger partial charge in [-0.05, 0) is 66.3 Å². The number of carbonyl (C=O) groups is 2. The van der Waals surface area contributed by atoms with Crippen LogP contribution in [0, 0.1) is 0 Å². The van der Waals surface area contributed by atoms with Crippen LogP contribution in [0.3, 0.4) is 0 Å². The number of nitrogens with one attached hydrogen (secondary N) is 3. The van der Waals surface area contributed by atoms with E-state index in [1.165, 1.54) is 6.08 Å². The molecule has 33 heavy (non-hydrogen) atoms. The minimum absolute atomic E-state index is 0.102. The molecule has 1 aromatic heterocycles. The van der Waals surface area contributed by atoms with Crippen molar-refractivity contribution in [2.75, 3.05) is 19.5 Å². The number of benzene rings is 2. The summed E-state index contributed by atoms with van der Waals surface area (Å²) in [6.07, 6.45) is 4.53. The first-order valence-electron chi connectivity index (χ1n) is 9.91. The zero-order valence-electron chi connectivity index (χ0n) is 18.1. The highest BCUT2D eigenvalue weighted by atomic mass is 32.1. The quantitative estimate of drug-likeness (QED) is 0.344. The maximum atomic E-state index is 12.4. The van der Waals surface area contributed by atoms with Crippen LogP contribution in [0.1, 0.15) is 21.7 Å². The van der Waals surface area contributed by atoms with Crippen LogP contribution in [0.25, 0.3) is 6.08 Å². The number of furan rings is 1. The van der Waals surface area contributed by atoms with Gasteiger partial charge >= 0.3 is 0 Å². The van der Waals surface area contributed by atoms with Gasteiger partial charge in [-0.3, -0.25) is 14.9 Å². The van der Waals surface area contributed by atoms with Gasteiger partial charge in [0.1, 0.15) is 5.76 Å². The molecule has 8 nitrogen and oxygen atoms in total. The molecule has 0 aliphatic heterocycles. The maximum Gasteiger partial charge on any atom is 0.251 e. The number of hydrogen-bond donors (Lipinski definition) is 3. The number of anilines is 1. The Balaban J connectivity index is 1.53. The van der Waals surface area contributed by atoms with E-state index in [0.717, 1.165) is 5.56 Å². The van der Waals surface area contributed by atoms with Crippen LogP contribution < -0.4 is 25.4 Å². The molecule has 0 saturated carbocycles. The van der Waals surface area contributed by atoms with Gasteiger partial charge in [-0.2, -0.15) is 0 Å². The van der Waals surface area contributed by atoms with E-state index in [2.05, 4.69) is 16.0 Å². The molecule has 0 fully saturated rings. The first-order chi connectivity index (χ1) is 16.0. The third-order valence-corrected chi connectivity index (χ3v) is 4.66. The predicted octanol–water partition coefficient (Wildman–Crippen LogP) is 3.75. The highest BCUT2D eigenvalue weighted by Gasteiger charge is 2.09. The molecule has 0 spiro atoms. The lowest BCUT2D eigenvalue weighted by molar-refractivity contribution is -0.115. The van der Waals surface area contributed by atoms with E-state index >= 15 is 0 Å². The van der Waals surface area contributed by atoms with Gasteiger partial charge in [0.25, 0.3) is 5.91 Å². The lowest BCUT2D eigenvalue weighted by Gasteiger charge is -2.10. The van der Waals surface area contributed by atoms with Crippen LogP contribution in [0.2, 0.25) is 0 Å². The third kappa shape index (κ3) is 6.94. The number of methoxy groups -OCH3 is 2. The van der Waals surface area contributed by atoms with Gasteiger partial charge in [-0.1, -0.05) is 12.1 Å². The molecule has 3 aromatic rings. The van der Waals surface area contributed by atoms with E-state index in [0.29, 0.717) is 28.5 Å². The van der Waals surface area contributed by atoms with Crippen molar-refractivity contribution in [3.63, 3.8) is 0 Å². The molecule has 9 heteroatoms. The van der Waals surface area contributed by atoms with E-state index in [9.17, 15) is 9.59 Å². The minimum Gasteiger partial charge on any atom is -0.493 e. The van der Waals surface area contributed by atoms with Crippen molar-refractivity contribution in [3.05, 3.63) is 83.8 Å². The highest BCUT2D eigenvalue weighted by Crippen LogP contribution is 2.27. The molecular weight excluding hydrogens is 442 g/mol. The normalized spacial score (nSPS) is 10.5. The van der Waals surface area contributed by atoms with E-state index in [1.807, 2.05) is 0 Å². The molecule has 0 radical (unpaired) electrons. The molecule has 3 N–H and O–H groups in total. The fraction of sp³-hybridized carbons (Fsp3) is 0.125. The largest absolute Gasteiger partial charge is 0.493 e. The van der Waals surface area contributed by atoms with Crippen LogP contribution in [-0.4, -0.2) is 31.1 Å². The zero-order valence-corrected chi connectivity index (χ0v) is 18.9. The minimum atomic E-state index is -0.408. The Morgan fingerprint density at radius 1 is 1.03 bits per heavy atom. The van der Waals surface area contributed by atoms with Gasteiger partial charge < -0.3 is 24.5 Å². The molecule has 3 rings (SSSR count). The monoisotopic (exact) mass is 465 g/mol. The van der Waals surface area contributed by atoms with E-state index in [1.54, 1.807) is 81.2 Å². The molecule has 0 unspecified atom stereocenters. The van der Waals surface area contributed by atoms with Crippen molar-refractivity contribution < 1.29 is 23.5 Å². The second-order valence-corrected chi connectivity index (χ2v) is 7.14. The van der Waals surface area contributed by atoms with Crippen molar-refractivity contribution in [1.29, 1.82) is 0 Å². The van der Waals surface area contributed by atoms with Gasteiger partial charge in [0.05, 0.1) is 27.0 Å². The topological polar surface area (TPSA) is 102 Å². The first kappa shape index (κ1) is 23.6. The lowest BCUT2D eigenvalue weighted by Crippen LogP contribution is -2.33. The van der Waals surface area contributed by atoms with Crippen LogP contribution in [0.5, 0.6) is 11.5 Å². The number of rotatable bonds is 8. The summed E-state index contributed by atoms with van der Waals surface area (Å²) >= 11 is 5.20. The van der Waals surface area contributed by atoms with Gasteiger partial charge in [0, 0.05) is 17.3 Å². The standard InChI is InChI=1S/C24H23N3O5S/c1-30-20-10-8-16(13-21(20)31-2)9-11-22(28)27-24(33)26-18-6-3-5-17(14-18)23(29)25-15-19-7-4-12-32-19/h3-14H,15H2,1-2H3,(H,25,29)(H2,26,27,28,33)/b11-9+. The molecule has 0 aliphatic rings. The number of thiocarbonyl (C=S) groups is 1. The van der Waals surface area contributed by atoms with Gasteiger partial charge in [-0.25, -0.2) is 0 Å². The van der Waals surface area contributed by atoms with Crippen LogP contribution in [0.15, 0.2) is 71.4 Å². The maximum absolute atomic E-state index is 12.4. The van der Waals surface area contributed by atoms with Gasteiger partial charge in [0.2, 0.25) is 5.91 Å². The zero-order chi connectivity index (χ0) is 23.6. The molecule has 2 aromatic carbocycles. The van der Waals surface area contributed by atoms with E-state index in [-0.39, 0.29) is 17.6 Å². The van der Waals surface area contributed by atoms with Crippen molar-refractivity contribution in [3.8, 4) is 11.5 Å². The average molecular weight is 466 g/mol. The van der Waals surface area contributed by atoms with E-state index < -0.39 is 5.91 Å². The van der Waals surface area contributed by atoms with Crippen LogP contribution in [-0.2, 0) is 11.3 Å². The summed E-state index contributed by atoms with van der Waals surface area (Å²) in [7, 11) is 3.09. The third-order valence-electron chi connectivity index (χ3n) is 4.46. The Kier molecular flexibility index (Phi) is 8.20. The second kappa shape index (κ2) is 11.5. The summed E-state index contributed by atoms with van der Waals surface area (Å²) in [5, 5.41) is 8.34. The fourth-order valence-electron chi connectivity index (χ4n) is 2.87. The molecule has 0 saturated heterocycles. The van der Waals surface area contributed by atoms with Crippen molar-refractivity contribution in [1.82, 2.24) is 10.6 Å². The highest BCUT2D eigenvalue weighted by molar-refractivity contribution is 7.80. The average Bonchev–Trinajstić information content (AvgIpc) is 3.34. The Morgan fingerprint density at radius 2 is 1.85 bits per heavy atom. The molecule has 0 aliphatic carbocycles. The lowest BCUT2D eigenvalue weighted by atomic mass is 10.2. The van der Waals surface area contributed by atoms with Gasteiger partial charge in [-0.15, -0.1) is 0 Å². The SMILES string of the molecule is COc1ccc(/C=C/C(=O)NC(=S)Nc2cccc(C(=O)NCc3ccco3)c2)cc1OC. The summed E-state index contributed by atoms with van der Waals surface area (Å²) in [5.74, 6) is 1.15. The Labute approximate surface area is 196 Å². The molecular formula is C24H23N3O5S. The summed E-state index contributed by atoms with van der Waals surface area (Å²) < 4.78 is 15.6. The Morgan fingerprint density at radius 3 is 2.58 bits per heavy atom. The summed E-state index contributed by atoms with van der Waals surface area (Å²) in [6.45, 7) is 0.282. The van der Waals surface area contributed by atoms with Crippen molar-refractivity contribution in [2.24, 2.45) is 0 Å². The molecule has 0 bridgehead atoms. The molecule has 170 valence electrons. The summed E-state index contributed by atoms with van der Waals surface area (Å²) in [4.78, 5) is 24.6. The van der Waals surface area contributed by atoms with Crippen molar-refractivity contribution >= 4 is 40.9 Å². The Hall–Kier alpha value is -4.11. The number of hydrogen-bond acceptors (Lipinski definition) is 6.